The van der Waals surface area contributed by atoms with Gasteiger partial charge in [0.25, 0.3) is 0 Å². The standard InChI is InChI=1S/C29H33ClF2N2O3/c1-37-20-9-10-27-23(17-20)21(24(30)19-33-27)5-3-11-29(18-28(35)36)12-15-34(16-13-29)14-4-6-22-25(31)7-2-8-26(22)32/h2,7-10,17,19H,3-6,11-16,18H2,1H3,(H,35,36). The quantitative estimate of drug-likeness (QED) is 0.299. The van der Waals surface area contributed by atoms with Crippen LogP contribution < -0.4 is 4.74 Å². The molecule has 0 atom stereocenters. The van der Waals surface area contributed by atoms with Crippen LogP contribution in [0.3, 0.4) is 0 Å². The van der Waals surface area contributed by atoms with E-state index in [1.807, 2.05) is 18.2 Å². The second-order valence-electron chi connectivity index (χ2n) is 10.0. The molecule has 0 aliphatic carbocycles. The molecule has 4 rings (SSSR count). The summed E-state index contributed by atoms with van der Waals surface area (Å²) in [6.45, 7) is 2.30. The number of piperidine rings is 1. The molecule has 0 saturated carbocycles. The van der Waals surface area contributed by atoms with E-state index in [9.17, 15) is 18.7 Å². The number of aryl methyl sites for hydroxylation is 1. The Morgan fingerprint density at radius 1 is 1.11 bits per heavy atom. The highest BCUT2D eigenvalue weighted by Crippen LogP contribution is 2.41. The molecule has 1 N–H and O–H groups in total. The minimum atomic E-state index is -0.777. The van der Waals surface area contributed by atoms with Crippen molar-refractivity contribution in [3.63, 3.8) is 0 Å². The van der Waals surface area contributed by atoms with Crippen LogP contribution in [0.4, 0.5) is 8.78 Å². The topological polar surface area (TPSA) is 62.7 Å². The minimum Gasteiger partial charge on any atom is -0.497 e. The molecule has 5 nitrogen and oxygen atoms in total. The first-order valence-corrected chi connectivity index (χ1v) is 13.2. The van der Waals surface area contributed by atoms with Crippen LogP contribution in [-0.2, 0) is 17.6 Å². The molecule has 1 fully saturated rings. The zero-order chi connectivity index (χ0) is 26.4. The van der Waals surface area contributed by atoms with Gasteiger partial charge in [0.15, 0.2) is 0 Å². The molecule has 198 valence electrons. The Hall–Kier alpha value is -2.77. The Labute approximate surface area is 221 Å². The maximum absolute atomic E-state index is 13.9. The summed E-state index contributed by atoms with van der Waals surface area (Å²) in [7, 11) is 1.62. The van der Waals surface area contributed by atoms with Gasteiger partial charge in [0, 0.05) is 17.1 Å². The number of carboxylic acid groups (broad SMARTS) is 1. The number of halogens is 3. The molecular formula is C29H33ClF2N2O3. The van der Waals surface area contributed by atoms with Crippen LogP contribution in [-0.4, -0.2) is 47.7 Å². The van der Waals surface area contributed by atoms with E-state index in [2.05, 4.69) is 9.88 Å². The average Bonchev–Trinajstić information content (AvgIpc) is 2.87. The van der Waals surface area contributed by atoms with Gasteiger partial charge in [0.05, 0.1) is 24.1 Å². The van der Waals surface area contributed by atoms with Crippen molar-refractivity contribution >= 4 is 28.5 Å². The number of nitrogens with zero attached hydrogens (tertiary/aromatic N) is 2. The third-order valence-corrected chi connectivity index (χ3v) is 8.00. The smallest absolute Gasteiger partial charge is 0.303 e. The van der Waals surface area contributed by atoms with Crippen molar-refractivity contribution in [1.82, 2.24) is 9.88 Å². The Bertz CT molecular complexity index is 1230. The van der Waals surface area contributed by atoms with E-state index in [-0.39, 0.29) is 17.4 Å². The van der Waals surface area contributed by atoms with Crippen LogP contribution >= 0.6 is 11.6 Å². The van der Waals surface area contributed by atoms with Crippen LogP contribution in [0.2, 0.25) is 5.02 Å². The van der Waals surface area contributed by atoms with Crippen molar-refractivity contribution in [2.24, 2.45) is 5.41 Å². The number of hydrogen-bond acceptors (Lipinski definition) is 4. The van der Waals surface area contributed by atoms with Crippen molar-refractivity contribution in [1.29, 1.82) is 0 Å². The third kappa shape index (κ3) is 6.76. The monoisotopic (exact) mass is 530 g/mol. The Kier molecular flexibility index (Phi) is 8.98. The van der Waals surface area contributed by atoms with E-state index in [1.54, 1.807) is 13.3 Å². The van der Waals surface area contributed by atoms with Crippen molar-refractivity contribution in [2.45, 2.75) is 51.4 Å². The fraction of sp³-hybridized carbons (Fsp3) is 0.448. The highest BCUT2D eigenvalue weighted by atomic mass is 35.5. The number of hydrogen-bond donors (Lipinski definition) is 1. The van der Waals surface area contributed by atoms with Crippen molar-refractivity contribution in [3.05, 3.63) is 70.4 Å². The molecular weight excluding hydrogens is 498 g/mol. The number of ether oxygens (including phenoxy) is 1. The molecule has 2 heterocycles. The Morgan fingerprint density at radius 3 is 2.49 bits per heavy atom. The number of pyridine rings is 1. The lowest BCUT2D eigenvalue weighted by Crippen LogP contribution is -2.41. The molecule has 3 aromatic rings. The van der Waals surface area contributed by atoms with Crippen LogP contribution in [0, 0.1) is 17.0 Å². The lowest BCUT2D eigenvalue weighted by atomic mass is 9.72. The van der Waals surface area contributed by atoms with Gasteiger partial charge in [-0.2, -0.15) is 0 Å². The Morgan fingerprint density at radius 2 is 1.81 bits per heavy atom. The maximum Gasteiger partial charge on any atom is 0.303 e. The lowest BCUT2D eigenvalue weighted by Gasteiger charge is -2.41. The summed E-state index contributed by atoms with van der Waals surface area (Å²) < 4.78 is 33.2. The summed E-state index contributed by atoms with van der Waals surface area (Å²) in [4.78, 5) is 18.4. The fourth-order valence-corrected chi connectivity index (χ4v) is 5.81. The molecule has 0 amide bonds. The predicted octanol–water partition coefficient (Wildman–Crippen LogP) is 6.69. The molecule has 2 aromatic carbocycles. The van der Waals surface area contributed by atoms with Crippen molar-refractivity contribution in [2.75, 3.05) is 26.7 Å². The Balaban J connectivity index is 1.35. The number of aliphatic carboxylic acids is 1. The zero-order valence-corrected chi connectivity index (χ0v) is 21.9. The van der Waals surface area contributed by atoms with E-state index in [1.165, 1.54) is 18.2 Å². The van der Waals surface area contributed by atoms with Gasteiger partial charge < -0.3 is 14.7 Å². The number of rotatable bonds is 11. The normalized spacial score (nSPS) is 15.7. The molecule has 1 aromatic heterocycles. The van der Waals surface area contributed by atoms with Gasteiger partial charge in [-0.25, -0.2) is 8.78 Å². The van der Waals surface area contributed by atoms with Crippen LogP contribution in [0.25, 0.3) is 10.9 Å². The van der Waals surface area contributed by atoms with Crippen LogP contribution in [0.5, 0.6) is 5.75 Å². The number of benzene rings is 2. The summed E-state index contributed by atoms with van der Waals surface area (Å²) in [5, 5.41) is 11.2. The molecule has 0 spiro atoms. The molecule has 1 aliphatic rings. The van der Waals surface area contributed by atoms with Gasteiger partial charge in [-0.05, 0) is 106 Å². The largest absolute Gasteiger partial charge is 0.497 e. The van der Waals surface area contributed by atoms with Gasteiger partial charge in [0.1, 0.15) is 17.4 Å². The molecule has 0 radical (unpaired) electrons. The first kappa shape index (κ1) is 27.3. The molecule has 1 aliphatic heterocycles. The summed E-state index contributed by atoms with van der Waals surface area (Å²) >= 11 is 6.52. The summed E-state index contributed by atoms with van der Waals surface area (Å²) in [6.07, 6.45) is 6.71. The summed E-state index contributed by atoms with van der Waals surface area (Å²) in [5.41, 5.74) is 1.73. The third-order valence-electron chi connectivity index (χ3n) is 7.67. The molecule has 1 saturated heterocycles. The first-order chi connectivity index (χ1) is 17.8. The molecule has 37 heavy (non-hydrogen) atoms. The molecule has 8 heteroatoms. The predicted molar refractivity (Wildman–Crippen MR) is 141 cm³/mol. The van der Waals surface area contributed by atoms with Crippen LogP contribution in [0.1, 0.15) is 49.7 Å². The van der Waals surface area contributed by atoms with Gasteiger partial charge in [-0.3, -0.25) is 9.78 Å². The average molecular weight is 531 g/mol. The van der Waals surface area contributed by atoms with Crippen LogP contribution in [0.15, 0.2) is 42.6 Å². The van der Waals surface area contributed by atoms with Gasteiger partial charge in [-0.1, -0.05) is 17.7 Å². The fourth-order valence-electron chi connectivity index (χ4n) is 5.56. The van der Waals surface area contributed by atoms with Gasteiger partial charge in [0.2, 0.25) is 0 Å². The van der Waals surface area contributed by atoms with Crippen molar-refractivity contribution in [3.8, 4) is 5.75 Å². The molecule has 0 bridgehead atoms. The highest BCUT2D eigenvalue weighted by molar-refractivity contribution is 6.32. The first-order valence-electron chi connectivity index (χ1n) is 12.8. The number of aromatic nitrogens is 1. The number of fused-ring (bicyclic) bond motifs is 1. The number of carboxylic acids is 1. The van der Waals surface area contributed by atoms with E-state index in [4.69, 9.17) is 16.3 Å². The van der Waals surface area contributed by atoms with Gasteiger partial charge in [-0.15, -0.1) is 0 Å². The number of likely N-dealkylation sites (tertiary alicyclic amines) is 1. The number of methoxy groups -OCH3 is 1. The van der Waals surface area contributed by atoms with Crippen molar-refractivity contribution < 1.29 is 23.4 Å². The van der Waals surface area contributed by atoms with E-state index in [0.29, 0.717) is 17.9 Å². The second kappa shape index (κ2) is 12.2. The summed E-state index contributed by atoms with van der Waals surface area (Å²) in [5.74, 6) is -1.04. The zero-order valence-electron chi connectivity index (χ0n) is 21.1. The maximum atomic E-state index is 13.9. The molecule has 0 unspecified atom stereocenters. The SMILES string of the molecule is COc1ccc2ncc(Cl)c(CCCC3(CC(=O)O)CCN(CCCc4c(F)cccc4F)CC3)c2c1. The number of carbonyl (C=O) groups is 1. The highest BCUT2D eigenvalue weighted by Gasteiger charge is 2.36. The summed E-state index contributed by atoms with van der Waals surface area (Å²) in [6, 6.07) is 9.69. The second-order valence-corrected chi connectivity index (χ2v) is 10.4. The van der Waals surface area contributed by atoms with E-state index in [0.717, 1.165) is 74.0 Å². The lowest BCUT2D eigenvalue weighted by molar-refractivity contribution is -0.140. The minimum absolute atomic E-state index is 0.139. The van der Waals surface area contributed by atoms with E-state index >= 15 is 0 Å². The van der Waals surface area contributed by atoms with Gasteiger partial charge >= 0.3 is 5.97 Å². The van der Waals surface area contributed by atoms with E-state index < -0.39 is 17.6 Å².